The number of ether oxygens (including phenoxy) is 1. The standard InChI is InChI=1S/C18H16F5NO2/c19-13-11(14(20)16(22)17(23)15(13)21)8-18(25,10-4-2-1-3-5-10)12-9-24-6-7-26-12/h1-5,12,24-25H,6-9H2/t12-,18+/m0/s1. The average Bonchev–Trinajstić information content (AvgIpc) is 2.69. The summed E-state index contributed by atoms with van der Waals surface area (Å²) in [5.74, 6) is -10.2. The molecular weight excluding hydrogens is 357 g/mol. The van der Waals surface area contributed by atoms with Gasteiger partial charge in [0.1, 0.15) is 11.7 Å². The minimum absolute atomic E-state index is 0.154. The second-order valence-electron chi connectivity index (χ2n) is 6.08. The maximum absolute atomic E-state index is 14.1. The molecule has 0 spiro atoms. The molecule has 1 aliphatic heterocycles. The smallest absolute Gasteiger partial charge is 0.200 e. The molecule has 26 heavy (non-hydrogen) atoms. The van der Waals surface area contributed by atoms with Gasteiger partial charge in [-0.25, -0.2) is 22.0 Å². The fourth-order valence-electron chi connectivity index (χ4n) is 3.08. The molecule has 0 aromatic heterocycles. The molecule has 8 heteroatoms. The van der Waals surface area contributed by atoms with Crippen LogP contribution >= 0.6 is 0 Å². The van der Waals surface area contributed by atoms with Gasteiger partial charge in [-0.2, -0.15) is 0 Å². The van der Waals surface area contributed by atoms with E-state index in [0.717, 1.165) is 0 Å². The molecule has 2 aromatic rings. The largest absolute Gasteiger partial charge is 0.382 e. The predicted octanol–water partition coefficient (Wildman–Crippen LogP) is 2.80. The molecule has 1 aliphatic rings. The minimum Gasteiger partial charge on any atom is -0.382 e. The summed E-state index contributed by atoms with van der Waals surface area (Å²) in [4.78, 5) is 0. The van der Waals surface area contributed by atoms with Crippen molar-refractivity contribution in [2.45, 2.75) is 18.1 Å². The summed E-state index contributed by atoms with van der Waals surface area (Å²) in [6.07, 6.45) is -1.77. The van der Waals surface area contributed by atoms with E-state index in [9.17, 15) is 27.1 Å². The van der Waals surface area contributed by atoms with E-state index in [1.54, 1.807) is 18.2 Å². The van der Waals surface area contributed by atoms with E-state index in [0.29, 0.717) is 6.54 Å². The van der Waals surface area contributed by atoms with Gasteiger partial charge in [0.25, 0.3) is 0 Å². The first kappa shape index (κ1) is 18.8. The van der Waals surface area contributed by atoms with Gasteiger partial charge < -0.3 is 15.2 Å². The third-order valence-corrected chi connectivity index (χ3v) is 4.48. The molecule has 3 rings (SSSR count). The van der Waals surface area contributed by atoms with Crippen LogP contribution in [-0.2, 0) is 16.8 Å². The van der Waals surface area contributed by atoms with E-state index in [4.69, 9.17) is 4.74 Å². The summed E-state index contributed by atoms with van der Waals surface area (Å²) in [6.45, 7) is 0.904. The second-order valence-corrected chi connectivity index (χ2v) is 6.08. The summed E-state index contributed by atoms with van der Waals surface area (Å²) >= 11 is 0. The van der Waals surface area contributed by atoms with Gasteiger partial charge in [-0.3, -0.25) is 0 Å². The Morgan fingerprint density at radius 1 is 0.962 bits per heavy atom. The normalized spacial score (nSPS) is 20.0. The number of hydrogen-bond acceptors (Lipinski definition) is 3. The van der Waals surface area contributed by atoms with E-state index in [-0.39, 0.29) is 18.7 Å². The van der Waals surface area contributed by atoms with Crippen LogP contribution in [0.4, 0.5) is 22.0 Å². The third-order valence-electron chi connectivity index (χ3n) is 4.48. The Morgan fingerprint density at radius 3 is 2.08 bits per heavy atom. The van der Waals surface area contributed by atoms with Gasteiger partial charge in [0.2, 0.25) is 5.82 Å². The number of benzene rings is 2. The lowest BCUT2D eigenvalue weighted by molar-refractivity contribution is -0.125. The molecule has 2 N–H and O–H groups in total. The molecule has 0 aliphatic carbocycles. The molecule has 1 fully saturated rings. The maximum Gasteiger partial charge on any atom is 0.200 e. The van der Waals surface area contributed by atoms with Crippen molar-refractivity contribution in [2.75, 3.05) is 19.7 Å². The van der Waals surface area contributed by atoms with Crippen LogP contribution in [-0.4, -0.2) is 30.9 Å². The van der Waals surface area contributed by atoms with Gasteiger partial charge in [0.15, 0.2) is 23.3 Å². The zero-order chi connectivity index (χ0) is 18.9. The van der Waals surface area contributed by atoms with Crippen molar-refractivity contribution in [3.8, 4) is 0 Å². The number of hydrogen-bond donors (Lipinski definition) is 2. The maximum atomic E-state index is 14.1. The Bertz CT molecular complexity index is 767. The van der Waals surface area contributed by atoms with Crippen LogP contribution in [0.2, 0.25) is 0 Å². The molecule has 0 radical (unpaired) electrons. The van der Waals surface area contributed by atoms with Gasteiger partial charge >= 0.3 is 0 Å². The van der Waals surface area contributed by atoms with E-state index >= 15 is 0 Å². The van der Waals surface area contributed by atoms with Crippen molar-refractivity contribution in [3.05, 3.63) is 70.5 Å². The van der Waals surface area contributed by atoms with Crippen LogP contribution in [0, 0.1) is 29.1 Å². The van der Waals surface area contributed by atoms with Crippen molar-refractivity contribution in [1.29, 1.82) is 0 Å². The third kappa shape index (κ3) is 3.20. The first-order valence-electron chi connectivity index (χ1n) is 7.96. The highest BCUT2D eigenvalue weighted by molar-refractivity contribution is 5.31. The van der Waals surface area contributed by atoms with Crippen molar-refractivity contribution in [2.24, 2.45) is 0 Å². The Hall–Kier alpha value is -2.03. The van der Waals surface area contributed by atoms with E-state index < -0.39 is 52.8 Å². The average molecular weight is 373 g/mol. The van der Waals surface area contributed by atoms with Gasteiger partial charge in [-0.05, 0) is 5.56 Å². The molecule has 1 saturated heterocycles. The van der Waals surface area contributed by atoms with Crippen LogP contribution in [0.1, 0.15) is 11.1 Å². The summed E-state index contributed by atoms with van der Waals surface area (Å²) < 4.78 is 74.1. The Balaban J connectivity index is 2.10. The fraction of sp³-hybridized carbons (Fsp3) is 0.333. The van der Waals surface area contributed by atoms with Crippen molar-refractivity contribution < 1.29 is 31.8 Å². The van der Waals surface area contributed by atoms with Gasteiger partial charge in [-0.1, -0.05) is 30.3 Å². The van der Waals surface area contributed by atoms with Crippen molar-refractivity contribution in [1.82, 2.24) is 5.32 Å². The molecule has 0 bridgehead atoms. The molecule has 0 saturated carbocycles. The van der Waals surface area contributed by atoms with E-state index in [1.807, 2.05) is 0 Å². The van der Waals surface area contributed by atoms with E-state index in [1.165, 1.54) is 12.1 Å². The fourth-order valence-corrected chi connectivity index (χ4v) is 3.08. The van der Waals surface area contributed by atoms with Gasteiger partial charge in [-0.15, -0.1) is 0 Å². The van der Waals surface area contributed by atoms with Crippen molar-refractivity contribution in [3.63, 3.8) is 0 Å². The summed E-state index contributed by atoms with van der Waals surface area (Å²) in [7, 11) is 0. The van der Waals surface area contributed by atoms with Crippen LogP contribution in [0.5, 0.6) is 0 Å². The second kappa shape index (κ2) is 7.30. The molecule has 2 atom stereocenters. The molecule has 0 amide bonds. The van der Waals surface area contributed by atoms with Crippen LogP contribution < -0.4 is 5.32 Å². The molecular formula is C18H16F5NO2. The number of halogens is 5. The summed E-state index contributed by atoms with van der Waals surface area (Å²) in [5, 5.41) is 14.2. The lowest BCUT2D eigenvalue weighted by Crippen LogP contribution is -2.52. The molecule has 3 nitrogen and oxygen atoms in total. The molecule has 0 unspecified atom stereocenters. The molecule has 2 aromatic carbocycles. The monoisotopic (exact) mass is 373 g/mol. The van der Waals surface area contributed by atoms with Crippen molar-refractivity contribution >= 4 is 0 Å². The first-order chi connectivity index (χ1) is 12.4. The SMILES string of the molecule is O[C@](Cc1c(F)c(F)c(F)c(F)c1F)(c1ccccc1)[C@@H]1CNCCO1. The highest BCUT2D eigenvalue weighted by atomic mass is 19.2. The van der Waals surface area contributed by atoms with E-state index in [2.05, 4.69) is 5.32 Å². The number of morpholine rings is 1. The minimum atomic E-state index is -2.23. The number of nitrogens with one attached hydrogen (secondary N) is 1. The van der Waals surface area contributed by atoms with Gasteiger partial charge in [0.05, 0.1) is 6.61 Å². The Kier molecular flexibility index (Phi) is 5.27. The number of aliphatic hydroxyl groups is 1. The Morgan fingerprint density at radius 2 is 1.54 bits per heavy atom. The zero-order valence-electron chi connectivity index (χ0n) is 13.5. The lowest BCUT2D eigenvalue weighted by Gasteiger charge is -2.39. The van der Waals surface area contributed by atoms with Crippen LogP contribution in [0.25, 0.3) is 0 Å². The molecule has 1 heterocycles. The summed E-state index contributed by atoms with van der Waals surface area (Å²) in [6, 6.07) is 7.86. The highest BCUT2D eigenvalue weighted by Crippen LogP contribution is 2.35. The van der Waals surface area contributed by atoms with Crippen LogP contribution in [0.15, 0.2) is 30.3 Å². The topological polar surface area (TPSA) is 41.5 Å². The van der Waals surface area contributed by atoms with Crippen LogP contribution in [0.3, 0.4) is 0 Å². The first-order valence-corrected chi connectivity index (χ1v) is 7.96. The molecule has 140 valence electrons. The summed E-state index contributed by atoms with van der Waals surface area (Å²) in [5.41, 5.74) is -2.83. The number of rotatable bonds is 4. The quantitative estimate of drug-likeness (QED) is 0.492. The predicted molar refractivity (Wildman–Crippen MR) is 82.9 cm³/mol. The lowest BCUT2D eigenvalue weighted by atomic mass is 9.81. The van der Waals surface area contributed by atoms with Gasteiger partial charge in [0, 0.05) is 25.1 Å². The Labute approximate surface area is 146 Å². The zero-order valence-corrected chi connectivity index (χ0v) is 13.5. The highest BCUT2D eigenvalue weighted by Gasteiger charge is 2.43.